The normalized spacial score (nSPS) is 25.2. The predicted octanol–water partition coefficient (Wildman–Crippen LogP) is 2.22. The molecule has 112 valence electrons. The number of carbonyl (C=O) groups excluding carboxylic acids is 2. The fourth-order valence-corrected chi connectivity index (χ4v) is 3.38. The minimum Gasteiger partial charge on any atom is -0.353 e. The largest absolute Gasteiger partial charge is 0.353 e. The Balaban J connectivity index is 1.73. The van der Waals surface area contributed by atoms with E-state index in [2.05, 4.69) is 5.32 Å². The van der Waals surface area contributed by atoms with E-state index in [4.69, 9.17) is 11.6 Å². The van der Waals surface area contributed by atoms with E-state index in [1.807, 2.05) is 0 Å². The first-order valence-corrected chi connectivity index (χ1v) is 7.46. The Kier molecular flexibility index (Phi) is 3.85. The van der Waals surface area contributed by atoms with E-state index in [0.717, 1.165) is 18.9 Å². The fourth-order valence-electron chi connectivity index (χ4n) is 3.13. The van der Waals surface area contributed by atoms with Crippen molar-refractivity contribution in [2.24, 2.45) is 5.92 Å². The average molecular weight is 311 g/mol. The van der Waals surface area contributed by atoms with Crippen LogP contribution in [-0.4, -0.2) is 35.8 Å². The quantitative estimate of drug-likeness (QED) is 0.864. The van der Waals surface area contributed by atoms with Crippen molar-refractivity contribution in [1.82, 2.24) is 10.2 Å². The van der Waals surface area contributed by atoms with Crippen LogP contribution >= 0.6 is 11.6 Å². The number of benzene rings is 1. The topological polar surface area (TPSA) is 49.4 Å². The summed E-state index contributed by atoms with van der Waals surface area (Å²) >= 11 is 5.96. The maximum Gasteiger partial charge on any atom is 0.255 e. The lowest BCUT2D eigenvalue weighted by Gasteiger charge is -2.41. The second-order valence-corrected chi connectivity index (χ2v) is 6.04. The van der Waals surface area contributed by atoms with Crippen molar-refractivity contribution in [1.29, 1.82) is 0 Å². The third-order valence-corrected chi connectivity index (χ3v) is 4.58. The van der Waals surface area contributed by atoms with Crippen molar-refractivity contribution < 1.29 is 14.0 Å². The third kappa shape index (κ3) is 2.88. The minimum atomic E-state index is -0.453. The van der Waals surface area contributed by atoms with Crippen molar-refractivity contribution in [3.63, 3.8) is 0 Å². The molecular weight excluding hydrogens is 295 g/mol. The molecule has 6 heteroatoms. The van der Waals surface area contributed by atoms with E-state index in [9.17, 15) is 14.0 Å². The van der Waals surface area contributed by atoms with Gasteiger partial charge in [0.1, 0.15) is 5.82 Å². The first kappa shape index (κ1) is 14.3. The zero-order valence-corrected chi connectivity index (χ0v) is 12.2. The van der Waals surface area contributed by atoms with Crippen LogP contribution in [0.25, 0.3) is 0 Å². The highest BCUT2D eigenvalue weighted by Gasteiger charge is 2.35. The lowest BCUT2D eigenvalue weighted by molar-refractivity contribution is -0.125. The standard InChI is InChI=1S/C15H16ClFN2O2/c16-12-7-10(17)2-3-11(12)15(21)19-6-5-13-9(8-19)1-4-14(20)18-13/h2-3,7,9,13H,1,4-6,8H2,(H,18,20). The van der Waals surface area contributed by atoms with Crippen LogP contribution < -0.4 is 5.32 Å². The maximum atomic E-state index is 13.1. The molecule has 2 aliphatic heterocycles. The van der Waals surface area contributed by atoms with E-state index in [-0.39, 0.29) is 22.9 Å². The van der Waals surface area contributed by atoms with E-state index in [0.29, 0.717) is 31.0 Å². The van der Waals surface area contributed by atoms with Crippen LogP contribution in [0.3, 0.4) is 0 Å². The van der Waals surface area contributed by atoms with Gasteiger partial charge < -0.3 is 10.2 Å². The van der Waals surface area contributed by atoms with Gasteiger partial charge in [-0.15, -0.1) is 0 Å². The molecule has 2 heterocycles. The summed E-state index contributed by atoms with van der Waals surface area (Å²) in [6, 6.07) is 3.99. The van der Waals surface area contributed by atoms with Gasteiger partial charge in [0.15, 0.2) is 0 Å². The van der Waals surface area contributed by atoms with E-state index in [1.54, 1.807) is 4.90 Å². The number of nitrogens with one attached hydrogen (secondary N) is 1. The van der Waals surface area contributed by atoms with E-state index >= 15 is 0 Å². The Bertz CT molecular complexity index is 593. The van der Waals surface area contributed by atoms with Crippen LogP contribution in [-0.2, 0) is 4.79 Å². The summed E-state index contributed by atoms with van der Waals surface area (Å²) in [5.74, 6) is -0.238. The molecule has 1 aromatic rings. The second-order valence-electron chi connectivity index (χ2n) is 5.64. The Morgan fingerprint density at radius 3 is 2.95 bits per heavy atom. The molecule has 2 aliphatic rings. The molecule has 0 spiro atoms. The number of hydrogen-bond donors (Lipinski definition) is 1. The van der Waals surface area contributed by atoms with Crippen molar-refractivity contribution in [2.45, 2.75) is 25.3 Å². The SMILES string of the molecule is O=C1CCC2CN(C(=O)c3ccc(F)cc3Cl)CCC2N1. The van der Waals surface area contributed by atoms with Gasteiger partial charge in [0.05, 0.1) is 10.6 Å². The highest BCUT2D eigenvalue weighted by molar-refractivity contribution is 6.33. The summed E-state index contributed by atoms with van der Waals surface area (Å²) in [4.78, 5) is 25.6. The highest BCUT2D eigenvalue weighted by Crippen LogP contribution is 2.27. The number of likely N-dealkylation sites (tertiary alicyclic amines) is 1. The van der Waals surface area contributed by atoms with Gasteiger partial charge in [-0.1, -0.05) is 11.6 Å². The number of carbonyl (C=O) groups is 2. The van der Waals surface area contributed by atoms with Gasteiger partial charge in [-0.25, -0.2) is 4.39 Å². The number of hydrogen-bond acceptors (Lipinski definition) is 2. The number of nitrogens with zero attached hydrogens (tertiary/aromatic N) is 1. The molecule has 0 saturated carbocycles. The molecule has 2 amide bonds. The van der Waals surface area contributed by atoms with Crippen molar-refractivity contribution in [3.8, 4) is 0 Å². The lowest BCUT2D eigenvalue weighted by Crippen LogP contribution is -2.55. The predicted molar refractivity (Wildman–Crippen MR) is 76.6 cm³/mol. The number of amides is 2. The number of fused-ring (bicyclic) bond motifs is 1. The molecule has 1 N–H and O–H groups in total. The molecular formula is C15H16ClFN2O2. The van der Waals surface area contributed by atoms with Crippen LogP contribution in [0.1, 0.15) is 29.6 Å². The van der Waals surface area contributed by atoms with Crippen molar-refractivity contribution in [3.05, 3.63) is 34.6 Å². The van der Waals surface area contributed by atoms with Crippen LogP contribution in [0.2, 0.25) is 5.02 Å². The summed E-state index contributed by atoms with van der Waals surface area (Å²) in [7, 11) is 0. The first-order valence-electron chi connectivity index (χ1n) is 7.08. The molecule has 21 heavy (non-hydrogen) atoms. The van der Waals surface area contributed by atoms with Gasteiger partial charge >= 0.3 is 0 Å². The van der Waals surface area contributed by atoms with Gasteiger partial charge in [-0.2, -0.15) is 0 Å². The fraction of sp³-hybridized carbons (Fsp3) is 0.467. The van der Waals surface area contributed by atoms with E-state index in [1.165, 1.54) is 12.1 Å². The summed E-state index contributed by atoms with van der Waals surface area (Å²) < 4.78 is 13.1. The summed E-state index contributed by atoms with van der Waals surface area (Å²) in [5, 5.41) is 3.12. The molecule has 2 saturated heterocycles. The zero-order valence-electron chi connectivity index (χ0n) is 11.4. The number of rotatable bonds is 1. The van der Waals surface area contributed by atoms with Gasteiger partial charge in [0.2, 0.25) is 5.91 Å². The smallest absolute Gasteiger partial charge is 0.255 e. The van der Waals surface area contributed by atoms with Gasteiger partial charge in [0, 0.05) is 25.6 Å². The first-order chi connectivity index (χ1) is 10.0. The number of halogens is 2. The van der Waals surface area contributed by atoms with Gasteiger partial charge in [-0.05, 0) is 37.0 Å². The van der Waals surface area contributed by atoms with Crippen LogP contribution in [0.5, 0.6) is 0 Å². The monoisotopic (exact) mass is 310 g/mol. The zero-order chi connectivity index (χ0) is 15.0. The Morgan fingerprint density at radius 2 is 2.19 bits per heavy atom. The van der Waals surface area contributed by atoms with Crippen LogP contribution in [0.15, 0.2) is 18.2 Å². The van der Waals surface area contributed by atoms with Gasteiger partial charge in [-0.3, -0.25) is 9.59 Å². The molecule has 0 aromatic heterocycles. The second kappa shape index (κ2) is 5.64. The Hall–Kier alpha value is -1.62. The van der Waals surface area contributed by atoms with Crippen LogP contribution in [0.4, 0.5) is 4.39 Å². The van der Waals surface area contributed by atoms with Gasteiger partial charge in [0.25, 0.3) is 5.91 Å². The molecule has 2 fully saturated rings. The molecule has 0 aliphatic carbocycles. The number of piperidine rings is 2. The summed E-state index contributed by atoms with van der Waals surface area (Å²) in [6.07, 6.45) is 2.07. The molecule has 4 nitrogen and oxygen atoms in total. The molecule has 1 aromatic carbocycles. The third-order valence-electron chi connectivity index (χ3n) is 4.27. The van der Waals surface area contributed by atoms with Crippen molar-refractivity contribution >= 4 is 23.4 Å². The molecule has 0 bridgehead atoms. The lowest BCUT2D eigenvalue weighted by atomic mass is 9.85. The minimum absolute atomic E-state index is 0.0950. The molecule has 2 unspecified atom stereocenters. The van der Waals surface area contributed by atoms with E-state index < -0.39 is 5.82 Å². The van der Waals surface area contributed by atoms with Crippen LogP contribution in [0, 0.1) is 11.7 Å². The Morgan fingerprint density at radius 1 is 1.38 bits per heavy atom. The highest BCUT2D eigenvalue weighted by atomic mass is 35.5. The molecule has 3 rings (SSSR count). The maximum absolute atomic E-state index is 13.1. The van der Waals surface area contributed by atoms with Crippen molar-refractivity contribution in [2.75, 3.05) is 13.1 Å². The molecule has 2 atom stereocenters. The molecule has 0 radical (unpaired) electrons. The summed E-state index contributed by atoms with van der Waals surface area (Å²) in [5.41, 5.74) is 0.330. The summed E-state index contributed by atoms with van der Waals surface area (Å²) in [6.45, 7) is 1.19. The Labute approximate surface area is 127 Å². The average Bonchev–Trinajstić information content (AvgIpc) is 2.46.